The van der Waals surface area contributed by atoms with Gasteiger partial charge in [0.1, 0.15) is 11.5 Å². The normalized spacial score (nSPS) is 17.1. The number of β-amino-alcohol motifs (C(OH)–C–C–N with tert-alkyl or cyclic N) is 1. The molecule has 2 atom stereocenters. The molecular weight excluding hydrogens is 440 g/mol. The second kappa shape index (κ2) is 10.9. The standard InChI is InChI=1S/C29H34N2O4/c1-29(21-10-6-4-7-11-21,22-12-8-5-9-13-22)28(33)30-26(20-31-17-16-23(32)19-31)25-15-14-24(34-2)18-27(25)35-3/h4-15,18,23,26,32H,16-17,19-20H2,1-3H3,(H,30,33)/t23?,26-/m1/s1. The Balaban J connectivity index is 1.73. The van der Waals surface area contributed by atoms with E-state index in [2.05, 4.69) is 10.2 Å². The van der Waals surface area contributed by atoms with Crippen molar-refractivity contribution in [1.29, 1.82) is 0 Å². The van der Waals surface area contributed by atoms with E-state index in [0.717, 1.165) is 29.7 Å². The third-order valence-electron chi connectivity index (χ3n) is 6.97. The lowest BCUT2D eigenvalue weighted by atomic mass is 9.75. The van der Waals surface area contributed by atoms with Crippen LogP contribution in [0.15, 0.2) is 78.9 Å². The zero-order valence-electron chi connectivity index (χ0n) is 20.6. The number of carbonyl (C=O) groups excluding carboxylic acids is 1. The topological polar surface area (TPSA) is 71.0 Å². The molecule has 1 unspecified atom stereocenters. The predicted molar refractivity (Wildman–Crippen MR) is 137 cm³/mol. The Bertz CT molecular complexity index is 1080. The molecule has 0 saturated carbocycles. The van der Waals surface area contributed by atoms with Gasteiger partial charge in [0, 0.05) is 31.3 Å². The minimum absolute atomic E-state index is 0.0995. The van der Waals surface area contributed by atoms with Gasteiger partial charge in [0.15, 0.2) is 0 Å². The molecule has 3 aromatic carbocycles. The van der Waals surface area contributed by atoms with E-state index >= 15 is 0 Å². The number of nitrogens with one attached hydrogen (secondary N) is 1. The summed E-state index contributed by atoms with van der Waals surface area (Å²) in [4.78, 5) is 16.3. The number of hydrogen-bond acceptors (Lipinski definition) is 5. The van der Waals surface area contributed by atoms with Gasteiger partial charge in [-0.25, -0.2) is 0 Å². The summed E-state index contributed by atoms with van der Waals surface area (Å²) in [7, 11) is 3.24. The minimum atomic E-state index is -0.898. The van der Waals surface area contributed by atoms with Gasteiger partial charge in [-0.05, 0) is 36.6 Å². The molecular formula is C29H34N2O4. The van der Waals surface area contributed by atoms with Gasteiger partial charge in [0.05, 0.1) is 31.8 Å². The first-order valence-corrected chi connectivity index (χ1v) is 12.0. The summed E-state index contributed by atoms with van der Waals surface area (Å²) in [5.41, 5.74) is 1.80. The first kappa shape index (κ1) is 24.8. The number of hydrogen-bond donors (Lipinski definition) is 2. The molecule has 0 aliphatic carbocycles. The summed E-state index contributed by atoms with van der Waals surface area (Å²) in [5, 5.41) is 13.4. The number of ether oxygens (including phenoxy) is 2. The van der Waals surface area contributed by atoms with E-state index in [9.17, 15) is 9.90 Å². The highest BCUT2D eigenvalue weighted by atomic mass is 16.5. The van der Waals surface area contributed by atoms with Crippen LogP contribution in [0.4, 0.5) is 0 Å². The zero-order chi connectivity index (χ0) is 24.8. The molecule has 1 saturated heterocycles. The Morgan fingerprint density at radius 2 is 1.66 bits per heavy atom. The lowest BCUT2D eigenvalue weighted by Gasteiger charge is -2.33. The second-order valence-corrected chi connectivity index (χ2v) is 9.19. The number of carbonyl (C=O) groups is 1. The van der Waals surface area contributed by atoms with E-state index < -0.39 is 5.41 Å². The second-order valence-electron chi connectivity index (χ2n) is 9.19. The maximum Gasteiger partial charge on any atom is 0.235 e. The molecule has 1 amide bonds. The summed E-state index contributed by atoms with van der Waals surface area (Å²) < 4.78 is 11.1. The maximum atomic E-state index is 14.2. The van der Waals surface area contributed by atoms with Crippen LogP contribution in [0.2, 0.25) is 0 Å². The Morgan fingerprint density at radius 1 is 1.03 bits per heavy atom. The van der Waals surface area contributed by atoms with E-state index in [-0.39, 0.29) is 18.1 Å². The molecule has 35 heavy (non-hydrogen) atoms. The average molecular weight is 475 g/mol. The van der Waals surface area contributed by atoms with E-state index in [1.807, 2.05) is 85.8 Å². The maximum absolute atomic E-state index is 14.2. The van der Waals surface area contributed by atoms with E-state index in [0.29, 0.717) is 24.6 Å². The van der Waals surface area contributed by atoms with E-state index in [1.54, 1.807) is 14.2 Å². The molecule has 0 spiro atoms. The van der Waals surface area contributed by atoms with Crippen LogP contribution < -0.4 is 14.8 Å². The fourth-order valence-electron chi connectivity index (χ4n) is 4.84. The van der Waals surface area contributed by atoms with Crippen LogP contribution in [0, 0.1) is 0 Å². The Morgan fingerprint density at radius 3 is 2.17 bits per heavy atom. The molecule has 1 aliphatic heterocycles. The van der Waals surface area contributed by atoms with E-state index in [4.69, 9.17) is 9.47 Å². The highest BCUT2D eigenvalue weighted by molar-refractivity contribution is 5.92. The average Bonchev–Trinajstić information content (AvgIpc) is 3.32. The number of aliphatic hydroxyl groups is 1. The summed E-state index contributed by atoms with van der Waals surface area (Å²) in [5.74, 6) is 1.23. The third-order valence-corrected chi connectivity index (χ3v) is 6.97. The van der Waals surface area contributed by atoms with Crippen molar-refractivity contribution in [3.8, 4) is 11.5 Å². The Labute approximate surface area is 207 Å². The number of aliphatic hydroxyl groups excluding tert-OH is 1. The Kier molecular flexibility index (Phi) is 7.73. The van der Waals surface area contributed by atoms with Gasteiger partial charge in [0.2, 0.25) is 5.91 Å². The van der Waals surface area contributed by atoms with Crippen LogP contribution in [0.5, 0.6) is 11.5 Å². The van der Waals surface area contributed by atoms with Crippen molar-refractivity contribution in [1.82, 2.24) is 10.2 Å². The molecule has 1 heterocycles. The van der Waals surface area contributed by atoms with Gasteiger partial charge >= 0.3 is 0 Å². The molecule has 0 aromatic heterocycles. The molecule has 6 nitrogen and oxygen atoms in total. The predicted octanol–water partition coefficient (Wildman–Crippen LogP) is 3.93. The van der Waals surface area contributed by atoms with Crippen LogP contribution >= 0.6 is 0 Å². The molecule has 184 valence electrons. The monoisotopic (exact) mass is 474 g/mol. The molecule has 2 N–H and O–H groups in total. The zero-order valence-corrected chi connectivity index (χ0v) is 20.6. The fraction of sp³-hybridized carbons (Fsp3) is 0.345. The molecule has 4 rings (SSSR count). The number of rotatable bonds is 9. The summed E-state index contributed by atoms with van der Waals surface area (Å²) in [6, 6.07) is 25.0. The number of nitrogens with zero attached hydrogens (tertiary/aromatic N) is 1. The van der Waals surface area contributed by atoms with Crippen LogP contribution in [0.1, 0.15) is 36.1 Å². The van der Waals surface area contributed by atoms with Crippen LogP contribution in [-0.4, -0.2) is 55.9 Å². The van der Waals surface area contributed by atoms with Crippen LogP contribution in [0.3, 0.4) is 0 Å². The van der Waals surface area contributed by atoms with Crippen molar-refractivity contribution in [2.45, 2.75) is 30.9 Å². The minimum Gasteiger partial charge on any atom is -0.497 e. The Hall–Kier alpha value is -3.35. The SMILES string of the molecule is COc1ccc([C@@H](CN2CCC(O)C2)NC(=O)C(C)(c2ccccc2)c2ccccc2)c(OC)c1. The van der Waals surface area contributed by atoms with Crippen LogP contribution in [-0.2, 0) is 10.2 Å². The van der Waals surface area contributed by atoms with Crippen LogP contribution in [0.25, 0.3) is 0 Å². The van der Waals surface area contributed by atoms with Crippen molar-refractivity contribution < 1.29 is 19.4 Å². The molecule has 0 radical (unpaired) electrons. The quantitative estimate of drug-likeness (QED) is 0.492. The first-order chi connectivity index (χ1) is 17.0. The highest BCUT2D eigenvalue weighted by Gasteiger charge is 2.39. The molecule has 1 aliphatic rings. The molecule has 1 fully saturated rings. The highest BCUT2D eigenvalue weighted by Crippen LogP contribution is 2.35. The van der Waals surface area contributed by atoms with Gasteiger partial charge in [0.25, 0.3) is 0 Å². The van der Waals surface area contributed by atoms with Gasteiger partial charge < -0.3 is 19.9 Å². The fourth-order valence-corrected chi connectivity index (χ4v) is 4.84. The van der Waals surface area contributed by atoms with Crippen molar-refractivity contribution >= 4 is 5.91 Å². The summed E-state index contributed by atoms with van der Waals surface area (Å²) >= 11 is 0. The van der Waals surface area contributed by atoms with Gasteiger partial charge in [-0.2, -0.15) is 0 Å². The van der Waals surface area contributed by atoms with Crippen molar-refractivity contribution in [3.05, 3.63) is 95.6 Å². The molecule has 6 heteroatoms. The lowest BCUT2D eigenvalue weighted by Crippen LogP contribution is -2.47. The largest absolute Gasteiger partial charge is 0.497 e. The van der Waals surface area contributed by atoms with Crippen molar-refractivity contribution in [3.63, 3.8) is 0 Å². The number of methoxy groups -OCH3 is 2. The smallest absolute Gasteiger partial charge is 0.235 e. The molecule has 0 bridgehead atoms. The number of likely N-dealkylation sites (tertiary alicyclic amines) is 1. The van der Waals surface area contributed by atoms with E-state index in [1.165, 1.54) is 0 Å². The van der Waals surface area contributed by atoms with Crippen molar-refractivity contribution in [2.24, 2.45) is 0 Å². The van der Waals surface area contributed by atoms with Gasteiger partial charge in [-0.1, -0.05) is 60.7 Å². The number of amides is 1. The number of benzene rings is 3. The summed E-state index contributed by atoms with van der Waals surface area (Å²) in [6.07, 6.45) is 0.384. The third kappa shape index (κ3) is 5.34. The van der Waals surface area contributed by atoms with Crippen molar-refractivity contribution in [2.75, 3.05) is 33.9 Å². The first-order valence-electron chi connectivity index (χ1n) is 12.0. The van der Waals surface area contributed by atoms with Gasteiger partial charge in [-0.15, -0.1) is 0 Å². The molecule has 3 aromatic rings. The van der Waals surface area contributed by atoms with Gasteiger partial charge in [-0.3, -0.25) is 9.69 Å². The lowest BCUT2D eigenvalue weighted by molar-refractivity contribution is -0.125. The summed E-state index contributed by atoms with van der Waals surface area (Å²) in [6.45, 7) is 3.89.